The zero-order chi connectivity index (χ0) is 70.1. The molecular formula is C89H98N4O9S2. The lowest BCUT2D eigenvalue weighted by Crippen LogP contribution is -2.46. The van der Waals surface area contributed by atoms with E-state index >= 15 is 4.79 Å². The molecule has 0 unspecified atom stereocenters. The number of benzene rings is 8. The van der Waals surface area contributed by atoms with Gasteiger partial charge in [-0.05, 0) is 274 Å². The van der Waals surface area contributed by atoms with E-state index in [4.69, 9.17) is 37.9 Å². The van der Waals surface area contributed by atoms with Crippen molar-refractivity contribution in [2.75, 3.05) is 92.9 Å². The topological polar surface area (TPSA) is 104 Å². The van der Waals surface area contributed by atoms with Gasteiger partial charge in [0.05, 0.1) is 14.2 Å². The Morgan fingerprint density at radius 1 is 0.394 bits per heavy atom. The second-order valence-corrected chi connectivity index (χ2v) is 31.3. The van der Waals surface area contributed by atoms with Crippen LogP contribution in [0.25, 0.3) is 63.3 Å². The number of ketones is 1. The van der Waals surface area contributed by atoms with E-state index in [0.717, 1.165) is 190 Å². The molecule has 104 heavy (non-hydrogen) atoms. The third-order valence-electron chi connectivity index (χ3n) is 22.6. The Morgan fingerprint density at radius 2 is 0.779 bits per heavy atom. The maximum absolute atomic E-state index is 17.6. The number of thiophene rings is 2. The van der Waals surface area contributed by atoms with Crippen LogP contribution in [-0.4, -0.2) is 143 Å². The summed E-state index contributed by atoms with van der Waals surface area (Å²) >= 11 is 3.38. The lowest BCUT2D eigenvalue weighted by Gasteiger charge is -2.38. The van der Waals surface area contributed by atoms with Crippen molar-refractivity contribution in [1.82, 2.24) is 19.6 Å². The van der Waals surface area contributed by atoms with Crippen molar-refractivity contribution < 1.29 is 42.7 Å². The zero-order valence-corrected chi connectivity index (χ0v) is 62.1. The summed E-state index contributed by atoms with van der Waals surface area (Å²) in [5, 5.41) is 1.92. The first-order valence-corrected chi connectivity index (χ1v) is 40.2. The molecule has 0 radical (unpaired) electrons. The lowest BCUT2D eigenvalue weighted by atomic mass is 9.86. The highest BCUT2D eigenvalue weighted by molar-refractivity contribution is 7.23. The molecule has 6 heterocycles. The number of fused-ring (bicyclic) bond motifs is 2. The van der Waals surface area contributed by atoms with Gasteiger partial charge in [0.25, 0.3) is 0 Å². The highest BCUT2D eigenvalue weighted by Crippen LogP contribution is 2.56. The van der Waals surface area contributed by atoms with Crippen molar-refractivity contribution in [3.8, 4) is 89.1 Å². The van der Waals surface area contributed by atoms with Crippen molar-refractivity contribution in [1.29, 1.82) is 0 Å². The Morgan fingerprint density at radius 3 is 1.18 bits per heavy atom. The van der Waals surface area contributed by atoms with E-state index in [2.05, 4.69) is 129 Å². The van der Waals surface area contributed by atoms with Crippen molar-refractivity contribution in [3.63, 3.8) is 0 Å². The molecule has 2 aliphatic carbocycles. The second-order valence-electron chi connectivity index (χ2n) is 29.2. The van der Waals surface area contributed by atoms with Crippen LogP contribution in [0, 0.1) is 0 Å². The van der Waals surface area contributed by atoms with Gasteiger partial charge < -0.3 is 37.9 Å². The quantitative estimate of drug-likeness (QED) is 0.0435. The van der Waals surface area contributed by atoms with Gasteiger partial charge in [-0.2, -0.15) is 0 Å². The third kappa shape index (κ3) is 15.5. The number of methoxy groups -OCH3 is 2. The maximum atomic E-state index is 17.6. The number of carbonyl (C=O) groups excluding carboxylic acids is 1. The summed E-state index contributed by atoms with van der Waals surface area (Å²) < 4.78 is 57.1. The Kier molecular flexibility index (Phi) is 22.2. The Hall–Kier alpha value is -8.41. The molecule has 2 saturated carbocycles. The molecule has 4 atom stereocenters. The summed E-state index contributed by atoms with van der Waals surface area (Å²) in [7, 11) is 3.48. The summed E-state index contributed by atoms with van der Waals surface area (Å²) in [6.07, 6.45) is 18.1. The Balaban J connectivity index is 0.886. The fraction of sp³-hybridized carbons (Fsp3) is 0.404. The van der Waals surface area contributed by atoms with Crippen molar-refractivity contribution in [2.24, 2.45) is 0 Å². The minimum absolute atomic E-state index is 0.0751. The molecule has 0 spiro atoms. The number of ether oxygens (including phenoxy) is 8. The van der Waals surface area contributed by atoms with Gasteiger partial charge in [0, 0.05) is 88.5 Å². The van der Waals surface area contributed by atoms with Crippen LogP contribution in [0.15, 0.2) is 170 Å². The van der Waals surface area contributed by atoms with Gasteiger partial charge in [-0.25, -0.2) is 0 Å². The Bertz CT molecular complexity index is 4250. The normalized spacial score (nSPS) is 19.8. The zero-order valence-electron chi connectivity index (χ0n) is 60.5. The van der Waals surface area contributed by atoms with Gasteiger partial charge in [-0.3, -0.25) is 24.4 Å². The summed E-state index contributed by atoms with van der Waals surface area (Å²) in [5.74, 6) is 5.19. The van der Waals surface area contributed by atoms with Crippen LogP contribution in [0.1, 0.15) is 130 Å². The van der Waals surface area contributed by atoms with Crippen molar-refractivity contribution >= 4 is 48.6 Å². The van der Waals surface area contributed by atoms with E-state index in [1.807, 2.05) is 60.7 Å². The molecule has 4 saturated heterocycles. The van der Waals surface area contributed by atoms with Crippen LogP contribution in [0.3, 0.4) is 0 Å². The molecule has 540 valence electrons. The summed E-state index contributed by atoms with van der Waals surface area (Å²) in [4.78, 5) is 29.8. The van der Waals surface area contributed by atoms with Crippen LogP contribution in [0.4, 0.5) is 0 Å². The van der Waals surface area contributed by atoms with Crippen molar-refractivity contribution in [3.05, 3.63) is 192 Å². The van der Waals surface area contributed by atoms with Crippen LogP contribution in [0.5, 0.6) is 46.0 Å². The number of carbonyl (C=O) groups is 1. The van der Waals surface area contributed by atoms with E-state index in [9.17, 15) is 0 Å². The lowest BCUT2D eigenvalue weighted by molar-refractivity contribution is 0.0468. The predicted octanol–water partition coefficient (Wildman–Crippen LogP) is 19.7. The SMILES string of the molecule is COc1c(O[C@@H]2CCCC[C@H]2N2CCCC2)ccc(C(=O)c2ccc(O[C@@H]3CCCC[C@H]3N3CCCC3)c(OC)c2-c2c(-c3ccc(OCCN4CCCC4)cc3)sc3cc(OCc4ccccc4)ccc23)c1-c1c(-c2ccc(OCCN3CCCC3)cc2)sc2cc(OCc3ccccc3)ccc12. The molecule has 8 aromatic carbocycles. The van der Waals surface area contributed by atoms with Crippen molar-refractivity contribution in [2.45, 2.75) is 140 Å². The number of hydrogen-bond donors (Lipinski definition) is 0. The molecule has 0 bridgehead atoms. The summed E-state index contributed by atoms with van der Waals surface area (Å²) in [6, 6.07) is 59.0. The third-order valence-corrected chi connectivity index (χ3v) is 25.0. The fourth-order valence-corrected chi connectivity index (χ4v) is 19.7. The predicted molar refractivity (Wildman–Crippen MR) is 421 cm³/mol. The van der Waals surface area contributed by atoms with Gasteiger partial charge in [-0.1, -0.05) is 73.5 Å². The first-order valence-electron chi connectivity index (χ1n) is 38.5. The number of rotatable bonds is 28. The number of hydrogen-bond acceptors (Lipinski definition) is 15. The average Bonchev–Trinajstić information content (AvgIpc) is 1.48. The number of likely N-dealkylation sites (tertiary alicyclic amines) is 4. The maximum Gasteiger partial charge on any atom is 0.194 e. The average molecular weight is 1430 g/mol. The molecule has 0 amide bonds. The van der Waals surface area contributed by atoms with Crippen LogP contribution < -0.4 is 37.9 Å². The minimum Gasteiger partial charge on any atom is -0.492 e. The van der Waals surface area contributed by atoms with E-state index in [1.54, 1.807) is 36.9 Å². The molecule has 0 N–H and O–H groups in total. The van der Waals surface area contributed by atoms with Gasteiger partial charge in [0.2, 0.25) is 0 Å². The molecule has 10 aromatic rings. The van der Waals surface area contributed by atoms with Gasteiger partial charge >= 0.3 is 0 Å². The molecule has 4 aliphatic heterocycles. The minimum atomic E-state index is -0.199. The standard InChI is InChI=1S/C89H98N4O9S2/c1-95-86-77(101-75-27-11-9-25-73(75)92-49-17-18-50-92)43-41-71(81(86)83-69-39-37-67(99-59-61-21-5-3-6-22-61)57-79(69)103-88(83)63-29-33-65(34-30-63)97-55-53-90-45-13-14-46-90)85(94)72-42-44-78(102-76-28-12-10-26-74(76)93-51-19-20-52-93)87(96-2)82(72)84-70-40-38-68(100-60-62-23-7-4-8-24-62)58-80(70)104-89(84)64-31-35-66(36-32-64)98-56-54-91-47-15-16-48-91/h3-8,21-24,29-44,57-58,73-76H,9-20,25-28,45-56,59-60H2,1-2H3/t73-,74-,75-,76-/m1/s1. The van der Waals surface area contributed by atoms with Crippen LogP contribution >= 0.6 is 22.7 Å². The first kappa shape index (κ1) is 69.9. The smallest absolute Gasteiger partial charge is 0.194 e. The van der Waals surface area contributed by atoms with E-state index in [-0.39, 0.29) is 30.1 Å². The van der Waals surface area contributed by atoms with E-state index in [1.165, 1.54) is 64.2 Å². The first-order chi connectivity index (χ1) is 51.4. The largest absolute Gasteiger partial charge is 0.492 e. The monoisotopic (exact) mass is 1430 g/mol. The highest BCUT2D eigenvalue weighted by Gasteiger charge is 2.39. The Labute approximate surface area is 621 Å². The number of nitrogens with zero attached hydrogens (tertiary/aromatic N) is 4. The van der Waals surface area contributed by atoms with Gasteiger partial charge in [0.1, 0.15) is 61.6 Å². The molecule has 6 fully saturated rings. The van der Waals surface area contributed by atoms with E-state index in [0.29, 0.717) is 71.7 Å². The highest BCUT2D eigenvalue weighted by atomic mass is 32.1. The molecule has 15 heteroatoms. The van der Waals surface area contributed by atoms with Crippen LogP contribution in [-0.2, 0) is 13.2 Å². The molecule has 13 nitrogen and oxygen atoms in total. The van der Waals surface area contributed by atoms with Gasteiger partial charge in [0.15, 0.2) is 28.8 Å². The van der Waals surface area contributed by atoms with Crippen LogP contribution in [0.2, 0.25) is 0 Å². The molecule has 2 aromatic heterocycles. The summed E-state index contributed by atoms with van der Waals surface area (Å²) in [6.45, 7) is 12.6. The second kappa shape index (κ2) is 32.9. The van der Waals surface area contributed by atoms with E-state index < -0.39 is 0 Å². The van der Waals surface area contributed by atoms with Gasteiger partial charge in [-0.15, -0.1) is 22.7 Å². The molecule has 16 rings (SSSR count). The molecule has 6 aliphatic rings. The fourth-order valence-electron chi connectivity index (χ4n) is 17.2. The molecular weight excluding hydrogens is 1330 g/mol. The summed E-state index contributed by atoms with van der Waals surface area (Å²) in [5.41, 5.74) is 8.13.